The number of allylic oxidation sites excluding steroid dienone is 2. The fourth-order valence-corrected chi connectivity index (χ4v) is 1.47. The molecule has 1 unspecified atom stereocenters. The molecule has 0 fully saturated rings. The summed E-state index contributed by atoms with van der Waals surface area (Å²) in [6, 6.07) is 8.03. The number of fused-ring (bicyclic) bond motifs is 1. The fraction of sp³-hybridized carbons (Fsp3) is 0.143. The van der Waals surface area contributed by atoms with Crippen molar-refractivity contribution in [3.8, 4) is 5.75 Å². The molecule has 1 heteroatoms. The molecule has 1 nitrogen and oxygen atoms in total. The van der Waals surface area contributed by atoms with E-state index < -0.39 is 0 Å². The van der Waals surface area contributed by atoms with Crippen LogP contribution in [0.3, 0.4) is 0 Å². The molecule has 15 heavy (non-hydrogen) atoms. The van der Waals surface area contributed by atoms with Crippen molar-refractivity contribution in [3.63, 3.8) is 0 Å². The van der Waals surface area contributed by atoms with Crippen molar-refractivity contribution < 1.29 is 4.74 Å². The summed E-state index contributed by atoms with van der Waals surface area (Å²) in [5.74, 6) is 0.941. The van der Waals surface area contributed by atoms with E-state index in [1.807, 2.05) is 49.4 Å². The average molecular weight is 198 g/mol. The van der Waals surface area contributed by atoms with E-state index in [9.17, 15) is 0 Å². The van der Waals surface area contributed by atoms with E-state index in [0.717, 1.165) is 16.9 Å². The molecule has 76 valence electrons. The van der Waals surface area contributed by atoms with Crippen LogP contribution in [0.2, 0.25) is 0 Å². The van der Waals surface area contributed by atoms with Crippen molar-refractivity contribution in [1.82, 2.24) is 0 Å². The van der Waals surface area contributed by atoms with Gasteiger partial charge in [-0.15, -0.1) is 0 Å². The highest BCUT2D eigenvalue weighted by Gasteiger charge is 2.10. The smallest absolute Gasteiger partial charge is 0.136 e. The molecule has 1 aromatic carbocycles. The van der Waals surface area contributed by atoms with Crippen molar-refractivity contribution in [1.29, 1.82) is 0 Å². The number of hydrogen-bond donors (Lipinski definition) is 0. The van der Waals surface area contributed by atoms with Crippen LogP contribution in [-0.2, 0) is 0 Å². The summed E-state index contributed by atoms with van der Waals surface area (Å²) in [7, 11) is 0. The van der Waals surface area contributed by atoms with Crippen LogP contribution in [0.1, 0.15) is 12.5 Å². The van der Waals surface area contributed by atoms with E-state index in [1.165, 1.54) is 0 Å². The maximum atomic E-state index is 5.77. The van der Waals surface area contributed by atoms with E-state index in [2.05, 4.69) is 12.7 Å². The summed E-state index contributed by atoms with van der Waals surface area (Å²) in [6.45, 7) is 5.79. The molecule has 0 aromatic heterocycles. The minimum atomic E-state index is 0.0246. The predicted octanol–water partition coefficient (Wildman–Crippen LogP) is 3.59. The minimum absolute atomic E-state index is 0.0246. The lowest BCUT2D eigenvalue weighted by atomic mass is 10.1. The first-order chi connectivity index (χ1) is 7.25. The lowest BCUT2D eigenvalue weighted by Gasteiger charge is -2.18. The first-order valence-corrected chi connectivity index (χ1v) is 5.03. The molecule has 0 spiro atoms. The Kier molecular flexibility index (Phi) is 2.72. The number of para-hydroxylation sites is 1. The second kappa shape index (κ2) is 4.18. The normalized spacial score (nSPS) is 18.6. The highest BCUT2D eigenvalue weighted by atomic mass is 16.5. The van der Waals surface area contributed by atoms with Gasteiger partial charge in [-0.2, -0.15) is 0 Å². The molecule has 1 heterocycles. The molecule has 0 saturated heterocycles. The summed E-state index contributed by atoms with van der Waals surface area (Å²) in [6.07, 6.45) is 8.14. The molecular formula is C14H14O. The van der Waals surface area contributed by atoms with Gasteiger partial charge >= 0.3 is 0 Å². The third kappa shape index (κ3) is 2.38. The summed E-state index contributed by atoms with van der Waals surface area (Å²) >= 11 is 0. The van der Waals surface area contributed by atoms with Crippen LogP contribution < -0.4 is 4.74 Å². The maximum absolute atomic E-state index is 5.77. The Hall–Kier alpha value is -1.76. The number of rotatable bonds is 2. The monoisotopic (exact) mass is 198 g/mol. The number of hydrogen-bond acceptors (Lipinski definition) is 1. The van der Waals surface area contributed by atoms with Gasteiger partial charge in [0.05, 0.1) is 0 Å². The Balaban J connectivity index is 2.16. The third-order valence-electron chi connectivity index (χ3n) is 2.22. The van der Waals surface area contributed by atoms with Crippen molar-refractivity contribution in [2.24, 2.45) is 0 Å². The molecular weight excluding hydrogens is 184 g/mol. The van der Waals surface area contributed by atoms with Gasteiger partial charge in [-0.05, 0) is 25.1 Å². The molecule has 1 aliphatic heterocycles. The summed E-state index contributed by atoms with van der Waals surface area (Å²) in [5, 5.41) is 0. The first kappa shape index (κ1) is 9.78. The molecule has 2 rings (SSSR count). The number of benzene rings is 1. The Bertz CT molecular complexity index is 427. The van der Waals surface area contributed by atoms with Crippen molar-refractivity contribution in [2.75, 3.05) is 0 Å². The molecule has 1 aromatic rings. The second-order valence-electron chi connectivity index (χ2n) is 3.68. The maximum Gasteiger partial charge on any atom is 0.136 e. The zero-order chi connectivity index (χ0) is 10.7. The molecule has 0 bridgehead atoms. The Morgan fingerprint density at radius 2 is 2.20 bits per heavy atom. The Labute approximate surface area is 90.4 Å². The van der Waals surface area contributed by atoms with Gasteiger partial charge in [0.25, 0.3) is 0 Å². The quantitative estimate of drug-likeness (QED) is 0.660. The lowest BCUT2D eigenvalue weighted by molar-refractivity contribution is 0.292. The SMILES string of the molecule is C=C(C)C=CC1C=Cc2ccccc2O1. The van der Waals surface area contributed by atoms with Gasteiger partial charge in [0.1, 0.15) is 11.9 Å². The van der Waals surface area contributed by atoms with Crippen LogP contribution >= 0.6 is 0 Å². The summed E-state index contributed by atoms with van der Waals surface area (Å²) < 4.78 is 5.77. The van der Waals surface area contributed by atoms with Crippen LogP contribution in [-0.4, -0.2) is 6.10 Å². The topological polar surface area (TPSA) is 9.23 Å². The fourth-order valence-electron chi connectivity index (χ4n) is 1.47. The van der Waals surface area contributed by atoms with Crippen molar-refractivity contribution in [2.45, 2.75) is 13.0 Å². The zero-order valence-corrected chi connectivity index (χ0v) is 8.81. The van der Waals surface area contributed by atoms with Gasteiger partial charge in [0.15, 0.2) is 0 Å². The lowest BCUT2D eigenvalue weighted by Crippen LogP contribution is -2.13. The Morgan fingerprint density at radius 1 is 1.40 bits per heavy atom. The molecule has 0 saturated carbocycles. The molecule has 0 aliphatic carbocycles. The van der Waals surface area contributed by atoms with Crippen LogP contribution in [0.4, 0.5) is 0 Å². The highest BCUT2D eigenvalue weighted by molar-refractivity contribution is 5.60. The molecule has 1 aliphatic rings. The van der Waals surface area contributed by atoms with Gasteiger partial charge in [0, 0.05) is 5.56 Å². The predicted molar refractivity (Wildman–Crippen MR) is 63.8 cm³/mol. The molecule has 0 amide bonds. The molecule has 0 radical (unpaired) electrons. The van der Waals surface area contributed by atoms with E-state index >= 15 is 0 Å². The van der Waals surface area contributed by atoms with E-state index in [0.29, 0.717) is 0 Å². The van der Waals surface area contributed by atoms with Crippen LogP contribution in [0, 0.1) is 0 Å². The third-order valence-corrected chi connectivity index (χ3v) is 2.22. The average Bonchev–Trinajstić information content (AvgIpc) is 2.26. The first-order valence-electron chi connectivity index (χ1n) is 5.03. The van der Waals surface area contributed by atoms with Gasteiger partial charge in [-0.3, -0.25) is 0 Å². The molecule has 1 atom stereocenters. The van der Waals surface area contributed by atoms with Crippen LogP contribution in [0.5, 0.6) is 5.75 Å². The highest BCUT2D eigenvalue weighted by Crippen LogP contribution is 2.25. The van der Waals surface area contributed by atoms with Crippen molar-refractivity contribution >= 4 is 6.08 Å². The second-order valence-corrected chi connectivity index (χ2v) is 3.68. The standard InChI is InChI=1S/C14H14O/c1-11(2)7-9-13-10-8-12-5-3-4-6-14(12)15-13/h3-10,13H,1H2,2H3. The summed E-state index contributed by atoms with van der Waals surface area (Å²) in [5.41, 5.74) is 2.17. The Morgan fingerprint density at radius 3 is 3.00 bits per heavy atom. The minimum Gasteiger partial charge on any atom is -0.482 e. The molecule has 0 N–H and O–H groups in total. The van der Waals surface area contributed by atoms with Crippen molar-refractivity contribution in [3.05, 3.63) is 60.2 Å². The van der Waals surface area contributed by atoms with E-state index in [-0.39, 0.29) is 6.10 Å². The largest absolute Gasteiger partial charge is 0.482 e. The van der Waals surface area contributed by atoms with Gasteiger partial charge in [-0.25, -0.2) is 0 Å². The van der Waals surface area contributed by atoms with Gasteiger partial charge < -0.3 is 4.74 Å². The van der Waals surface area contributed by atoms with Gasteiger partial charge in [0.2, 0.25) is 0 Å². The van der Waals surface area contributed by atoms with E-state index in [4.69, 9.17) is 4.74 Å². The zero-order valence-electron chi connectivity index (χ0n) is 8.81. The van der Waals surface area contributed by atoms with E-state index in [1.54, 1.807) is 0 Å². The summed E-state index contributed by atoms with van der Waals surface area (Å²) in [4.78, 5) is 0. The van der Waals surface area contributed by atoms with Gasteiger partial charge in [-0.1, -0.05) is 42.5 Å². The van der Waals surface area contributed by atoms with Crippen LogP contribution in [0.15, 0.2) is 54.6 Å². The van der Waals surface area contributed by atoms with Crippen LogP contribution in [0.25, 0.3) is 6.08 Å². The number of ether oxygens (including phenoxy) is 1.